The van der Waals surface area contributed by atoms with Crippen LogP contribution in [0.3, 0.4) is 0 Å². The molecule has 222 valence electrons. The Morgan fingerprint density at radius 1 is 0.977 bits per heavy atom. The normalized spacial score (nSPS) is 15.8. The quantitative estimate of drug-likeness (QED) is 0.227. The van der Waals surface area contributed by atoms with Crippen molar-refractivity contribution in [3.8, 4) is 39.5 Å². The smallest absolute Gasteiger partial charge is 0.181 e. The molecule has 11 heteroatoms. The Bertz CT molecular complexity index is 1970. The van der Waals surface area contributed by atoms with Gasteiger partial charge in [-0.05, 0) is 67.4 Å². The van der Waals surface area contributed by atoms with Crippen molar-refractivity contribution < 1.29 is 9.13 Å². The largest absolute Gasteiger partial charge is 0.492 e. The third kappa shape index (κ3) is 5.03. The zero-order chi connectivity index (χ0) is 29.6. The summed E-state index contributed by atoms with van der Waals surface area (Å²) in [6.07, 6.45) is 7.73. The van der Waals surface area contributed by atoms with E-state index in [-0.39, 0.29) is 11.9 Å². The van der Waals surface area contributed by atoms with Gasteiger partial charge in [-0.15, -0.1) is 0 Å². The van der Waals surface area contributed by atoms with Crippen molar-refractivity contribution in [1.82, 2.24) is 35.0 Å². The molecule has 4 aromatic heterocycles. The van der Waals surface area contributed by atoms with E-state index < -0.39 is 0 Å². The minimum absolute atomic E-state index is 0.171. The number of nitrogens with two attached hydrogens (primary N) is 1. The van der Waals surface area contributed by atoms with Crippen LogP contribution in [-0.2, 0) is 0 Å². The number of halogens is 1. The fraction of sp³-hybridized carbons (Fsp3) is 0.273. The van der Waals surface area contributed by atoms with Crippen molar-refractivity contribution in [3.05, 3.63) is 72.9 Å². The lowest BCUT2D eigenvalue weighted by Gasteiger charge is -2.37. The van der Waals surface area contributed by atoms with E-state index in [1.54, 1.807) is 24.7 Å². The van der Waals surface area contributed by atoms with E-state index in [0.29, 0.717) is 18.0 Å². The lowest BCUT2D eigenvalue weighted by Crippen LogP contribution is -2.56. The monoisotopic (exact) mass is 589 g/mol. The van der Waals surface area contributed by atoms with Crippen molar-refractivity contribution in [2.75, 3.05) is 44.2 Å². The number of H-pyrrole nitrogens is 2. The number of ether oxygens (including phenoxy) is 1. The van der Waals surface area contributed by atoms with Crippen molar-refractivity contribution >= 4 is 27.8 Å². The number of fused-ring (bicyclic) bond motifs is 2. The second-order valence-corrected chi connectivity index (χ2v) is 11.6. The summed E-state index contributed by atoms with van der Waals surface area (Å²) < 4.78 is 20.8. The van der Waals surface area contributed by atoms with E-state index in [2.05, 4.69) is 41.0 Å². The highest BCUT2D eigenvalue weighted by molar-refractivity contribution is 6.01. The summed E-state index contributed by atoms with van der Waals surface area (Å²) in [5.74, 6) is 1.01. The molecule has 0 aliphatic carbocycles. The number of rotatable bonds is 8. The van der Waals surface area contributed by atoms with Gasteiger partial charge >= 0.3 is 0 Å². The fourth-order valence-electron chi connectivity index (χ4n) is 6.23. The van der Waals surface area contributed by atoms with E-state index in [9.17, 15) is 4.39 Å². The van der Waals surface area contributed by atoms with Crippen LogP contribution in [0.1, 0.15) is 12.8 Å². The molecule has 4 N–H and O–H groups in total. The van der Waals surface area contributed by atoms with Crippen LogP contribution < -0.4 is 15.4 Å². The molecular formula is C33H32FN9O. The van der Waals surface area contributed by atoms with Crippen molar-refractivity contribution in [2.24, 2.45) is 5.73 Å². The molecule has 2 aliphatic heterocycles. The molecule has 6 aromatic rings. The van der Waals surface area contributed by atoms with Gasteiger partial charge in [0, 0.05) is 59.8 Å². The molecule has 2 aromatic carbocycles. The fourth-order valence-corrected chi connectivity index (χ4v) is 6.23. The van der Waals surface area contributed by atoms with Gasteiger partial charge in [-0.3, -0.25) is 15.0 Å². The lowest BCUT2D eigenvalue weighted by atomic mass is 10.0. The van der Waals surface area contributed by atoms with Crippen molar-refractivity contribution in [1.29, 1.82) is 0 Å². The van der Waals surface area contributed by atoms with Crippen LogP contribution in [0.5, 0.6) is 5.75 Å². The summed E-state index contributed by atoms with van der Waals surface area (Å²) in [6.45, 7) is 5.14. The van der Waals surface area contributed by atoms with Crippen LogP contribution in [0.25, 0.3) is 55.7 Å². The molecule has 2 aliphatic rings. The highest BCUT2D eigenvalue weighted by atomic mass is 19.1. The van der Waals surface area contributed by atoms with Crippen LogP contribution in [0.4, 0.5) is 10.2 Å². The zero-order valence-corrected chi connectivity index (χ0v) is 24.1. The third-order valence-corrected chi connectivity index (χ3v) is 8.55. The Morgan fingerprint density at radius 3 is 2.73 bits per heavy atom. The predicted molar refractivity (Wildman–Crippen MR) is 169 cm³/mol. The van der Waals surface area contributed by atoms with Gasteiger partial charge < -0.3 is 20.4 Å². The summed E-state index contributed by atoms with van der Waals surface area (Å²) in [5.41, 5.74) is 12.4. The first-order chi connectivity index (χ1) is 21.6. The van der Waals surface area contributed by atoms with Crippen LogP contribution in [0.15, 0.2) is 67.1 Å². The standard InChI is InChI=1S/C33H32FN9O/c34-22-10-20(11-24(13-22)44-9-8-42-6-1-2-7-42)25-4-3-5-28-26(25)14-29(38-28)32-27-12-21(15-37-33(27)41-40-32)30-16-36-17-31(39-30)43-18-23(35)19-43/h3-5,10-17,23,38H,1-2,6-9,18-19,35H2,(H,37,40,41). The van der Waals surface area contributed by atoms with Gasteiger partial charge in [0.1, 0.15) is 24.0 Å². The highest BCUT2D eigenvalue weighted by Gasteiger charge is 2.25. The molecule has 0 spiro atoms. The van der Waals surface area contributed by atoms with E-state index in [1.165, 1.54) is 18.9 Å². The van der Waals surface area contributed by atoms with E-state index >= 15 is 0 Å². The van der Waals surface area contributed by atoms with Gasteiger partial charge in [-0.25, -0.2) is 14.4 Å². The topological polar surface area (TPSA) is 125 Å². The Balaban J connectivity index is 1.11. The van der Waals surface area contributed by atoms with E-state index in [0.717, 1.165) is 88.6 Å². The molecule has 0 unspecified atom stereocenters. The highest BCUT2D eigenvalue weighted by Crippen LogP contribution is 2.36. The Morgan fingerprint density at radius 2 is 1.86 bits per heavy atom. The van der Waals surface area contributed by atoms with Crippen LogP contribution in [0, 0.1) is 5.82 Å². The maximum absolute atomic E-state index is 14.8. The summed E-state index contributed by atoms with van der Waals surface area (Å²) in [7, 11) is 0. The summed E-state index contributed by atoms with van der Waals surface area (Å²) in [6, 6.07) is 15.2. The number of hydrogen-bond donors (Lipinski definition) is 3. The molecule has 0 saturated carbocycles. The molecule has 2 fully saturated rings. The van der Waals surface area contributed by atoms with Gasteiger partial charge in [-0.2, -0.15) is 5.10 Å². The maximum atomic E-state index is 14.8. The first-order valence-corrected chi connectivity index (χ1v) is 15.0. The van der Waals surface area contributed by atoms with Crippen LogP contribution >= 0.6 is 0 Å². The number of hydrogen-bond acceptors (Lipinski definition) is 8. The van der Waals surface area contributed by atoms with E-state index in [1.807, 2.05) is 30.3 Å². The minimum atomic E-state index is -0.325. The zero-order valence-electron chi connectivity index (χ0n) is 24.1. The molecule has 0 atom stereocenters. The number of anilines is 1. The average Bonchev–Trinajstić information content (AvgIpc) is 3.78. The van der Waals surface area contributed by atoms with Crippen molar-refractivity contribution in [3.63, 3.8) is 0 Å². The van der Waals surface area contributed by atoms with E-state index in [4.69, 9.17) is 15.5 Å². The lowest BCUT2D eigenvalue weighted by molar-refractivity contribution is 0.237. The average molecular weight is 590 g/mol. The molecule has 10 nitrogen and oxygen atoms in total. The van der Waals surface area contributed by atoms with Crippen molar-refractivity contribution in [2.45, 2.75) is 18.9 Å². The first-order valence-electron chi connectivity index (χ1n) is 15.0. The number of aromatic amines is 2. The molecule has 0 amide bonds. The second kappa shape index (κ2) is 11.0. The number of benzene rings is 2. The molecule has 0 bridgehead atoms. The number of nitrogens with one attached hydrogen (secondary N) is 2. The van der Waals surface area contributed by atoms with Gasteiger partial charge in [0.25, 0.3) is 0 Å². The minimum Gasteiger partial charge on any atom is -0.492 e. The predicted octanol–water partition coefficient (Wildman–Crippen LogP) is 4.99. The Hall–Kier alpha value is -4.87. The van der Waals surface area contributed by atoms with Gasteiger partial charge in [-0.1, -0.05) is 12.1 Å². The molecule has 2 saturated heterocycles. The second-order valence-electron chi connectivity index (χ2n) is 11.6. The van der Waals surface area contributed by atoms with Gasteiger partial charge in [0.15, 0.2) is 5.65 Å². The van der Waals surface area contributed by atoms with Gasteiger partial charge in [0.2, 0.25) is 0 Å². The SMILES string of the molecule is NC1CN(c2cncc(-c3cnc4n[nH]c(-c5cc6c(-c7cc(F)cc(OCCN8CCCC8)c7)cccc6[nH]5)c4c3)n2)C1. The third-order valence-electron chi connectivity index (χ3n) is 8.55. The number of nitrogens with zero attached hydrogens (tertiary/aromatic N) is 6. The summed E-state index contributed by atoms with van der Waals surface area (Å²) >= 11 is 0. The Labute approximate surface area is 253 Å². The first kappa shape index (κ1) is 26.7. The number of pyridine rings is 1. The summed E-state index contributed by atoms with van der Waals surface area (Å²) in [5, 5.41) is 9.44. The Kier molecular flexibility index (Phi) is 6.68. The number of aromatic nitrogens is 6. The van der Waals surface area contributed by atoms with Crippen LogP contribution in [0.2, 0.25) is 0 Å². The summed E-state index contributed by atoms with van der Waals surface area (Å²) in [4.78, 5) is 21.8. The molecular weight excluding hydrogens is 557 g/mol. The molecule has 6 heterocycles. The maximum Gasteiger partial charge on any atom is 0.181 e. The molecule has 44 heavy (non-hydrogen) atoms. The van der Waals surface area contributed by atoms with Crippen LogP contribution in [-0.4, -0.2) is 80.4 Å². The molecule has 0 radical (unpaired) electrons. The number of likely N-dealkylation sites (tertiary alicyclic amines) is 1. The van der Waals surface area contributed by atoms with Gasteiger partial charge in [0.05, 0.1) is 29.5 Å². The molecule has 8 rings (SSSR count).